The van der Waals surface area contributed by atoms with Crippen molar-refractivity contribution >= 4 is 28.3 Å². The van der Waals surface area contributed by atoms with Crippen molar-refractivity contribution in [1.29, 1.82) is 0 Å². The Bertz CT molecular complexity index is 1520. The number of anilines is 1. The van der Waals surface area contributed by atoms with E-state index in [0.717, 1.165) is 23.2 Å². The Morgan fingerprint density at radius 1 is 1.00 bits per heavy atom. The summed E-state index contributed by atoms with van der Waals surface area (Å²) in [6.07, 6.45) is 2.43. The van der Waals surface area contributed by atoms with Crippen molar-refractivity contribution in [2.24, 2.45) is 0 Å². The second-order valence-electron chi connectivity index (χ2n) is 7.43. The molecule has 0 fully saturated rings. The van der Waals surface area contributed by atoms with Crippen LogP contribution in [0.3, 0.4) is 0 Å². The fraction of sp³-hybridized carbons (Fsp3) is 0.125. The van der Waals surface area contributed by atoms with Gasteiger partial charge < -0.3 is 5.32 Å². The molecule has 5 aromatic rings. The molecule has 3 heterocycles. The molecule has 158 valence electrons. The summed E-state index contributed by atoms with van der Waals surface area (Å²) < 4.78 is 3.21. The molecule has 0 spiro atoms. The normalized spacial score (nSPS) is 11.2. The Kier molecular flexibility index (Phi) is 4.74. The van der Waals surface area contributed by atoms with Gasteiger partial charge in [-0.1, -0.05) is 37.3 Å². The number of carbonyl (C=O) groups excluding carboxylic acids is 1. The summed E-state index contributed by atoms with van der Waals surface area (Å²) in [5.41, 5.74) is 5.33. The number of amides is 1. The Hall–Kier alpha value is -4.33. The van der Waals surface area contributed by atoms with Crippen LogP contribution in [0, 0.1) is 0 Å². The predicted octanol–water partition coefficient (Wildman–Crippen LogP) is 3.62. The first-order valence-corrected chi connectivity index (χ1v) is 10.3. The molecule has 0 unspecified atom stereocenters. The predicted molar refractivity (Wildman–Crippen MR) is 123 cm³/mol. The Morgan fingerprint density at radius 2 is 1.75 bits per heavy atom. The molecule has 1 N–H and O–H groups in total. The topological polar surface area (TPSA) is 94.2 Å². The molecule has 0 aliphatic carbocycles. The van der Waals surface area contributed by atoms with E-state index in [1.807, 2.05) is 43.3 Å². The number of aromatic nitrogens is 5. The van der Waals surface area contributed by atoms with Crippen molar-refractivity contribution in [1.82, 2.24) is 24.4 Å². The van der Waals surface area contributed by atoms with Crippen LogP contribution in [0.15, 0.2) is 71.7 Å². The van der Waals surface area contributed by atoms with E-state index in [-0.39, 0.29) is 17.0 Å². The lowest BCUT2D eigenvalue weighted by Gasteiger charge is -2.09. The van der Waals surface area contributed by atoms with Gasteiger partial charge in [-0.05, 0) is 42.3 Å². The zero-order valence-corrected chi connectivity index (χ0v) is 17.6. The van der Waals surface area contributed by atoms with Crippen LogP contribution in [0.4, 0.5) is 5.69 Å². The maximum absolute atomic E-state index is 13.2. The van der Waals surface area contributed by atoms with Crippen LogP contribution in [0.25, 0.3) is 33.5 Å². The van der Waals surface area contributed by atoms with Crippen LogP contribution in [0.1, 0.15) is 19.5 Å². The zero-order chi connectivity index (χ0) is 22.2. The van der Waals surface area contributed by atoms with Crippen LogP contribution >= 0.6 is 0 Å². The summed E-state index contributed by atoms with van der Waals surface area (Å²) in [4.78, 5) is 24.4. The molecule has 0 saturated heterocycles. The maximum Gasteiger partial charge on any atom is 0.285 e. The molecule has 5 rings (SSSR count). The highest BCUT2D eigenvalue weighted by atomic mass is 16.1. The molecule has 8 heteroatoms. The van der Waals surface area contributed by atoms with E-state index < -0.39 is 0 Å². The lowest BCUT2D eigenvalue weighted by atomic mass is 10.0. The number of aryl methyl sites for hydroxylation is 1. The second-order valence-corrected chi connectivity index (χ2v) is 7.43. The SMILES string of the molecule is CCc1nn2c(nnc3c(=O)n(-c4ccc(NC(C)=O)cc4)ccc32)c1-c1ccccc1. The van der Waals surface area contributed by atoms with Gasteiger partial charge >= 0.3 is 0 Å². The number of pyridine rings is 1. The van der Waals surface area contributed by atoms with Gasteiger partial charge in [0.15, 0.2) is 11.2 Å². The number of carbonyl (C=O) groups is 1. The third-order valence-electron chi connectivity index (χ3n) is 5.32. The van der Waals surface area contributed by atoms with E-state index in [1.165, 1.54) is 11.5 Å². The fourth-order valence-corrected chi connectivity index (χ4v) is 3.85. The second kappa shape index (κ2) is 7.73. The van der Waals surface area contributed by atoms with E-state index in [2.05, 4.69) is 15.5 Å². The smallest absolute Gasteiger partial charge is 0.285 e. The number of nitrogens with zero attached hydrogens (tertiary/aromatic N) is 5. The van der Waals surface area contributed by atoms with Gasteiger partial charge in [-0.2, -0.15) is 5.10 Å². The van der Waals surface area contributed by atoms with Crippen molar-refractivity contribution in [2.75, 3.05) is 5.32 Å². The minimum atomic E-state index is -0.293. The number of hydrogen-bond donors (Lipinski definition) is 1. The summed E-state index contributed by atoms with van der Waals surface area (Å²) in [6.45, 7) is 3.49. The highest BCUT2D eigenvalue weighted by Gasteiger charge is 2.18. The molecule has 0 aliphatic heterocycles. The number of hydrogen-bond acceptors (Lipinski definition) is 5. The van der Waals surface area contributed by atoms with E-state index in [0.29, 0.717) is 22.5 Å². The first-order valence-electron chi connectivity index (χ1n) is 10.3. The number of rotatable bonds is 4. The van der Waals surface area contributed by atoms with Gasteiger partial charge in [-0.3, -0.25) is 14.2 Å². The van der Waals surface area contributed by atoms with Crippen molar-refractivity contribution in [3.8, 4) is 16.8 Å². The molecule has 0 radical (unpaired) electrons. The fourth-order valence-electron chi connectivity index (χ4n) is 3.85. The summed E-state index contributed by atoms with van der Waals surface area (Å²) in [5, 5.41) is 16.1. The highest BCUT2D eigenvalue weighted by Crippen LogP contribution is 2.28. The van der Waals surface area contributed by atoms with Crippen molar-refractivity contribution in [3.05, 3.63) is 82.9 Å². The van der Waals surface area contributed by atoms with Crippen LogP contribution in [0.5, 0.6) is 0 Å². The van der Waals surface area contributed by atoms with Crippen LogP contribution in [0.2, 0.25) is 0 Å². The minimum Gasteiger partial charge on any atom is -0.326 e. The van der Waals surface area contributed by atoms with Crippen LogP contribution in [-0.2, 0) is 11.2 Å². The molecule has 0 saturated carbocycles. The average molecular weight is 424 g/mol. The van der Waals surface area contributed by atoms with Crippen LogP contribution < -0.4 is 10.9 Å². The first-order chi connectivity index (χ1) is 15.6. The van der Waals surface area contributed by atoms with Gasteiger partial charge in [-0.15, -0.1) is 10.2 Å². The summed E-state index contributed by atoms with van der Waals surface area (Å²) in [5.74, 6) is -0.152. The molecule has 0 bridgehead atoms. The van der Waals surface area contributed by atoms with Gasteiger partial charge in [0.1, 0.15) is 5.52 Å². The van der Waals surface area contributed by atoms with Crippen molar-refractivity contribution in [3.63, 3.8) is 0 Å². The Morgan fingerprint density at radius 3 is 2.44 bits per heavy atom. The largest absolute Gasteiger partial charge is 0.326 e. The number of benzene rings is 2. The van der Waals surface area contributed by atoms with Crippen molar-refractivity contribution < 1.29 is 4.79 Å². The number of nitrogens with one attached hydrogen (secondary N) is 1. The molecule has 8 nitrogen and oxygen atoms in total. The minimum absolute atomic E-state index is 0.152. The maximum atomic E-state index is 13.2. The van der Waals surface area contributed by atoms with Gasteiger partial charge in [0, 0.05) is 24.5 Å². The lowest BCUT2D eigenvalue weighted by molar-refractivity contribution is -0.114. The third-order valence-corrected chi connectivity index (χ3v) is 5.32. The molecule has 32 heavy (non-hydrogen) atoms. The molecule has 1 amide bonds. The molecule has 2 aromatic carbocycles. The zero-order valence-electron chi connectivity index (χ0n) is 17.6. The van der Waals surface area contributed by atoms with Gasteiger partial charge in [0.25, 0.3) is 5.56 Å². The molecule has 3 aromatic heterocycles. The summed E-state index contributed by atoms with van der Waals surface area (Å²) in [6, 6.07) is 18.8. The average Bonchev–Trinajstić information content (AvgIpc) is 3.19. The third kappa shape index (κ3) is 3.22. The van der Waals surface area contributed by atoms with E-state index in [9.17, 15) is 9.59 Å². The van der Waals surface area contributed by atoms with E-state index in [4.69, 9.17) is 5.10 Å². The molecular weight excluding hydrogens is 404 g/mol. The number of fused-ring (bicyclic) bond motifs is 3. The molecule has 0 atom stereocenters. The standard InChI is InChI=1S/C24H20N6O2/c1-3-19-21(16-7-5-4-6-8-16)23-27-26-22-20(30(23)28-19)13-14-29(24(22)32)18-11-9-17(10-12-18)25-15(2)31/h4-14H,3H2,1-2H3,(H,25,31). The Labute approximate surface area is 183 Å². The summed E-state index contributed by atoms with van der Waals surface area (Å²) >= 11 is 0. The van der Waals surface area contributed by atoms with Gasteiger partial charge in [0.05, 0.1) is 11.3 Å². The highest BCUT2D eigenvalue weighted by molar-refractivity contribution is 5.88. The molecular formula is C24H20N6O2. The Balaban J connectivity index is 1.67. The van der Waals surface area contributed by atoms with Gasteiger partial charge in [0.2, 0.25) is 5.91 Å². The van der Waals surface area contributed by atoms with Gasteiger partial charge in [-0.25, -0.2) is 4.52 Å². The first kappa shape index (κ1) is 19.6. The van der Waals surface area contributed by atoms with Crippen LogP contribution in [-0.4, -0.2) is 30.3 Å². The monoisotopic (exact) mass is 424 g/mol. The lowest BCUT2D eigenvalue weighted by Crippen LogP contribution is -2.20. The quantitative estimate of drug-likeness (QED) is 0.476. The molecule has 0 aliphatic rings. The van der Waals surface area contributed by atoms with E-state index in [1.54, 1.807) is 35.0 Å². The summed E-state index contributed by atoms with van der Waals surface area (Å²) in [7, 11) is 0. The van der Waals surface area contributed by atoms with E-state index >= 15 is 0 Å². The van der Waals surface area contributed by atoms with Crippen molar-refractivity contribution in [2.45, 2.75) is 20.3 Å².